The Morgan fingerprint density at radius 3 is 1.45 bits per heavy atom. The molecular formula is C78H79ClF15N11OS4. The SMILES string of the molecule is CC(C)c1cn(Cc2ccc(F)cc2F)nn1.CC(C)c1cnc(Cc2c(F)cc(F)cc2F)s1.CC(C)c1ncc(Cc2c(F)cc(F)cc2F)s1.CC(C)c1nnc(C(F)(F)c2cccc(Cl)c2F)s1.COCc1cc(F)cc(F)c1Cc1nnc(C(C)C)s1.Cc1nc(C(C)C)cn1Cc1ccc(F)cc1F. The Morgan fingerprint density at radius 2 is 0.964 bits per heavy atom. The molecular weight excluding hydrogens is 1560 g/mol. The van der Waals surface area contributed by atoms with Gasteiger partial charge in [-0.15, -0.1) is 59.5 Å². The summed E-state index contributed by atoms with van der Waals surface area (Å²) in [4.78, 5) is 14.6. The van der Waals surface area contributed by atoms with E-state index < -0.39 is 92.1 Å². The van der Waals surface area contributed by atoms with Gasteiger partial charge in [-0.25, -0.2) is 76.7 Å². The van der Waals surface area contributed by atoms with Crippen molar-refractivity contribution in [3.63, 3.8) is 0 Å². The van der Waals surface area contributed by atoms with Crippen LogP contribution in [0.4, 0.5) is 65.9 Å². The van der Waals surface area contributed by atoms with Crippen molar-refractivity contribution in [2.75, 3.05) is 7.11 Å². The summed E-state index contributed by atoms with van der Waals surface area (Å²) in [6, 6.07) is 15.6. The molecule has 0 aliphatic carbocycles. The number of ether oxygens (including phenoxy) is 1. The minimum absolute atomic E-state index is 0.00809. The average molecular weight is 1640 g/mol. The van der Waals surface area contributed by atoms with Crippen molar-refractivity contribution in [2.24, 2.45) is 0 Å². The predicted molar refractivity (Wildman–Crippen MR) is 399 cm³/mol. The van der Waals surface area contributed by atoms with Gasteiger partial charge in [0, 0.05) is 149 Å². The molecule has 0 saturated carbocycles. The first-order valence-electron chi connectivity index (χ1n) is 34.2. The fourth-order valence-corrected chi connectivity index (χ4v) is 13.5. The summed E-state index contributed by atoms with van der Waals surface area (Å²) in [6.07, 6.45) is 7.47. The molecule has 0 bridgehead atoms. The fourth-order valence-electron chi connectivity index (χ4n) is 9.75. The second kappa shape index (κ2) is 40.4. The van der Waals surface area contributed by atoms with Crippen molar-refractivity contribution < 1.29 is 70.6 Å². The number of halogens is 16. The molecule has 110 heavy (non-hydrogen) atoms. The van der Waals surface area contributed by atoms with Crippen LogP contribution >= 0.6 is 56.9 Å². The molecule has 0 aliphatic rings. The average Bonchev–Trinajstić information content (AvgIpc) is 1.38. The third-order valence-electron chi connectivity index (χ3n) is 15.9. The topological polar surface area (TPSA) is 135 Å². The van der Waals surface area contributed by atoms with Crippen LogP contribution in [0.5, 0.6) is 0 Å². The van der Waals surface area contributed by atoms with Gasteiger partial charge in [0.1, 0.15) is 90.7 Å². The second-order valence-corrected chi connectivity index (χ2v) is 31.5. The van der Waals surface area contributed by atoms with Gasteiger partial charge in [0.05, 0.1) is 51.7 Å². The van der Waals surface area contributed by atoms with E-state index in [0.29, 0.717) is 81.3 Å². The number of benzene rings is 6. The largest absolute Gasteiger partial charge is 0.380 e. The van der Waals surface area contributed by atoms with Crippen molar-refractivity contribution in [3.8, 4) is 0 Å². The van der Waals surface area contributed by atoms with E-state index in [1.165, 1.54) is 83.6 Å². The van der Waals surface area contributed by atoms with Crippen LogP contribution in [0.15, 0.2) is 116 Å². The molecule has 12 rings (SSSR count). The van der Waals surface area contributed by atoms with E-state index in [1.54, 1.807) is 23.3 Å². The molecule has 6 heterocycles. The lowest BCUT2D eigenvalue weighted by Crippen LogP contribution is -2.17. The molecule has 6 aromatic carbocycles. The Hall–Kier alpha value is -8.75. The minimum Gasteiger partial charge on any atom is -0.380 e. The Balaban J connectivity index is 0.000000184. The van der Waals surface area contributed by atoms with Crippen LogP contribution in [0.1, 0.15) is 215 Å². The molecule has 6 aromatic heterocycles. The van der Waals surface area contributed by atoms with Crippen LogP contribution in [0, 0.1) is 82.5 Å². The molecule has 0 amide bonds. The molecule has 0 unspecified atom stereocenters. The van der Waals surface area contributed by atoms with Gasteiger partial charge in [-0.1, -0.05) is 129 Å². The molecule has 0 saturated heterocycles. The van der Waals surface area contributed by atoms with E-state index in [-0.39, 0.29) is 65.8 Å². The number of nitrogens with zero attached hydrogens (tertiary/aromatic N) is 11. The third-order valence-corrected chi connectivity index (χ3v) is 21.3. The van der Waals surface area contributed by atoms with Crippen LogP contribution in [0.25, 0.3) is 0 Å². The van der Waals surface area contributed by atoms with Gasteiger partial charge in [-0.2, -0.15) is 8.78 Å². The summed E-state index contributed by atoms with van der Waals surface area (Å²) >= 11 is 10.6. The molecule has 32 heteroatoms. The first-order chi connectivity index (χ1) is 51.8. The highest BCUT2D eigenvalue weighted by Gasteiger charge is 2.41. The van der Waals surface area contributed by atoms with Crippen molar-refractivity contribution in [1.82, 2.24) is 54.9 Å². The highest BCUT2D eigenvalue weighted by atomic mass is 35.5. The van der Waals surface area contributed by atoms with Crippen molar-refractivity contribution >= 4 is 56.9 Å². The molecule has 0 atom stereocenters. The zero-order valence-electron chi connectivity index (χ0n) is 62.2. The number of hydrogen-bond donors (Lipinski definition) is 0. The number of rotatable bonds is 20. The summed E-state index contributed by atoms with van der Waals surface area (Å²) in [5.74, 6) is -11.0. The Bertz CT molecular complexity index is 4850. The van der Waals surface area contributed by atoms with Gasteiger partial charge < -0.3 is 9.30 Å². The van der Waals surface area contributed by atoms with E-state index in [9.17, 15) is 65.9 Å². The number of methoxy groups -OCH3 is 1. The number of thiazole rings is 2. The number of alkyl halides is 2. The highest BCUT2D eigenvalue weighted by molar-refractivity contribution is 7.12. The lowest BCUT2D eigenvalue weighted by Gasteiger charge is -2.14. The van der Waals surface area contributed by atoms with E-state index >= 15 is 0 Å². The molecule has 0 spiro atoms. The van der Waals surface area contributed by atoms with E-state index in [4.69, 9.17) is 16.3 Å². The van der Waals surface area contributed by atoms with Gasteiger partial charge in [0.15, 0.2) is 10.8 Å². The fraction of sp³-hybridized carbons (Fsp3) is 0.346. The summed E-state index contributed by atoms with van der Waals surface area (Å²) in [5.41, 5.74) is 2.58. The zero-order valence-corrected chi connectivity index (χ0v) is 66.2. The summed E-state index contributed by atoms with van der Waals surface area (Å²) < 4.78 is 210. The van der Waals surface area contributed by atoms with Gasteiger partial charge >= 0.3 is 5.92 Å². The second-order valence-electron chi connectivity index (χ2n) is 26.7. The maximum atomic E-state index is 14.2. The van der Waals surface area contributed by atoms with Crippen LogP contribution in [0.3, 0.4) is 0 Å². The lowest BCUT2D eigenvalue weighted by atomic mass is 10.0. The van der Waals surface area contributed by atoms with Gasteiger partial charge in [-0.3, -0.25) is 0 Å². The number of imidazole rings is 1. The van der Waals surface area contributed by atoms with Crippen LogP contribution in [0.2, 0.25) is 5.02 Å². The normalized spacial score (nSPS) is 11.4. The van der Waals surface area contributed by atoms with Crippen LogP contribution in [-0.4, -0.2) is 62.0 Å². The maximum Gasteiger partial charge on any atom is 0.328 e. The quantitative estimate of drug-likeness (QED) is 0.0679. The molecule has 588 valence electrons. The van der Waals surface area contributed by atoms with E-state index in [2.05, 4.69) is 59.5 Å². The molecule has 0 aliphatic heterocycles. The van der Waals surface area contributed by atoms with Crippen molar-refractivity contribution in [3.05, 3.63) is 292 Å². The predicted octanol–water partition coefficient (Wildman–Crippen LogP) is 23.2. The van der Waals surface area contributed by atoms with E-state index in [0.717, 1.165) is 77.6 Å². The summed E-state index contributed by atoms with van der Waals surface area (Å²) in [5, 5.41) is 26.0. The van der Waals surface area contributed by atoms with Crippen molar-refractivity contribution in [2.45, 2.75) is 170 Å². The first kappa shape index (κ1) is 88.5. The number of aryl methyl sites for hydroxylation is 1. The zero-order chi connectivity index (χ0) is 81.2. The maximum absolute atomic E-state index is 14.2. The molecule has 12 aromatic rings. The third kappa shape index (κ3) is 25.1. The van der Waals surface area contributed by atoms with Gasteiger partial charge in [0.2, 0.25) is 0 Å². The minimum atomic E-state index is -3.54. The Labute approximate surface area is 648 Å². The monoisotopic (exact) mass is 1630 g/mol. The summed E-state index contributed by atoms with van der Waals surface area (Å²) in [6.45, 7) is 26.6. The van der Waals surface area contributed by atoms with Crippen molar-refractivity contribution in [1.29, 1.82) is 0 Å². The Morgan fingerprint density at radius 1 is 0.455 bits per heavy atom. The van der Waals surface area contributed by atoms with E-state index in [1.807, 2.05) is 86.9 Å². The molecule has 12 nitrogen and oxygen atoms in total. The van der Waals surface area contributed by atoms with Gasteiger partial charge in [-0.05, 0) is 60.6 Å². The first-order valence-corrected chi connectivity index (χ1v) is 37.9. The van der Waals surface area contributed by atoms with Crippen LogP contribution < -0.4 is 0 Å². The standard InChI is InChI=1S/C14H16F2N2OS.C14H16F2N2.2C13H12F3NS.C12H10ClF3N2S.C12H13F2N3/c1-8(2)14-18-17-13(20-14)6-11-9(7-19-3)4-10(15)5-12(11)16;1-9(2)14-8-18(10(3)17-14)7-11-4-5-12(15)6-13(11)16;1-7(2)12-6-17-13(18-12)5-9-10(15)3-8(14)4-11(9)16;1-7(2)13-17-6-9(18-13)5-10-11(15)3-8(14)4-12(10)16;1-6(2)10-17-18-11(19-10)12(15,16)7-4-3-5-8(13)9(7)14;1-8(2)12-7-17(16-15-12)6-9-3-4-10(13)5-11(9)14/h4-5,8H,6-7H2,1-3H3;4-6,8-9H,7H2,1-3H3;2*3-4,6-7H,5H2,1-2H3;3-6H,1-2H3;3-5,7-8H,6H2,1-2H3. The summed E-state index contributed by atoms with van der Waals surface area (Å²) in [7, 11) is 1.49. The highest BCUT2D eigenvalue weighted by Crippen LogP contribution is 2.41. The molecule has 0 N–H and O–H groups in total. The Kier molecular flexibility index (Phi) is 32.5. The van der Waals surface area contributed by atoms with Gasteiger partial charge in [0.25, 0.3) is 0 Å². The smallest absolute Gasteiger partial charge is 0.328 e. The molecule has 0 fully saturated rings. The molecule has 0 radical (unpaired) electrons. The number of aromatic nitrogens is 11. The lowest BCUT2D eigenvalue weighted by molar-refractivity contribution is 0.0379. The number of hydrogen-bond acceptors (Lipinski definition) is 14. The van der Waals surface area contributed by atoms with Crippen LogP contribution in [-0.2, 0) is 49.6 Å².